The second-order valence-electron chi connectivity index (χ2n) is 5.68. The SMILES string of the molecule is CC(C)(C)c1nc(CSc2ccc(Cl)cc2)nc(N)c1I. The minimum Gasteiger partial charge on any atom is -0.383 e. The molecule has 6 heteroatoms. The van der Waals surface area contributed by atoms with E-state index in [0.717, 1.165) is 25.0 Å². The number of benzene rings is 1. The number of hydrogen-bond acceptors (Lipinski definition) is 4. The van der Waals surface area contributed by atoms with Crippen molar-refractivity contribution < 1.29 is 0 Å². The number of rotatable bonds is 3. The molecule has 0 atom stereocenters. The molecule has 3 nitrogen and oxygen atoms in total. The smallest absolute Gasteiger partial charge is 0.141 e. The summed E-state index contributed by atoms with van der Waals surface area (Å²) in [6.07, 6.45) is 0. The van der Waals surface area contributed by atoms with Crippen LogP contribution in [0, 0.1) is 3.57 Å². The number of hydrogen-bond donors (Lipinski definition) is 1. The van der Waals surface area contributed by atoms with Crippen LogP contribution in [-0.2, 0) is 11.2 Å². The van der Waals surface area contributed by atoms with Gasteiger partial charge in [-0.15, -0.1) is 11.8 Å². The van der Waals surface area contributed by atoms with Gasteiger partial charge in [0.1, 0.15) is 11.6 Å². The maximum atomic E-state index is 6.02. The summed E-state index contributed by atoms with van der Waals surface area (Å²) < 4.78 is 0.945. The van der Waals surface area contributed by atoms with E-state index in [4.69, 9.17) is 22.3 Å². The zero-order valence-corrected chi connectivity index (χ0v) is 15.9. The number of nitrogens with two attached hydrogens (primary N) is 1. The van der Waals surface area contributed by atoms with Crippen LogP contribution in [0.4, 0.5) is 5.82 Å². The van der Waals surface area contributed by atoms with E-state index in [0.29, 0.717) is 11.6 Å². The quantitative estimate of drug-likeness (QED) is 0.552. The highest BCUT2D eigenvalue weighted by Crippen LogP contribution is 2.30. The van der Waals surface area contributed by atoms with Crippen molar-refractivity contribution in [2.24, 2.45) is 0 Å². The molecule has 0 spiro atoms. The molecule has 0 bridgehead atoms. The third-order valence-electron chi connectivity index (χ3n) is 2.82. The fourth-order valence-electron chi connectivity index (χ4n) is 1.75. The number of nitrogen functional groups attached to an aromatic ring is 1. The van der Waals surface area contributed by atoms with Crippen LogP contribution in [0.1, 0.15) is 32.3 Å². The van der Waals surface area contributed by atoms with Crippen LogP contribution >= 0.6 is 46.0 Å². The Hall–Kier alpha value is -0.530. The van der Waals surface area contributed by atoms with E-state index in [1.54, 1.807) is 11.8 Å². The third kappa shape index (κ3) is 4.47. The molecule has 0 radical (unpaired) electrons. The van der Waals surface area contributed by atoms with E-state index in [2.05, 4.69) is 48.3 Å². The van der Waals surface area contributed by atoms with Crippen molar-refractivity contribution in [3.63, 3.8) is 0 Å². The molecule has 0 aliphatic rings. The number of anilines is 1. The summed E-state index contributed by atoms with van der Waals surface area (Å²) in [6, 6.07) is 7.75. The van der Waals surface area contributed by atoms with E-state index >= 15 is 0 Å². The molecule has 1 aromatic heterocycles. The van der Waals surface area contributed by atoms with Crippen LogP contribution in [-0.4, -0.2) is 9.97 Å². The molecule has 2 N–H and O–H groups in total. The lowest BCUT2D eigenvalue weighted by Gasteiger charge is -2.20. The highest BCUT2D eigenvalue weighted by atomic mass is 127. The first-order chi connectivity index (χ1) is 9.77. The normalized spacial score (nSPS) is 11.7. The fourth-order valence-corrected chi connectivity index (χ4v) is 3.68. The molecule has 112 valence electrons. The van der Waals surface area contributed by atoms with Gasteiger partial charge >= 0.3 is 0 Å². The Balaban J connectivity index is 2.21. The predicted molar refractivity (Wildman–Crippen MR) is 98.9 cm³/mol. The minimum atomic E-state index is -0.0483. The molecule has 2 aromatic rings. The molecule has 0 amide bonds. The standard InChI is InChI=1S/C15H17ClIN3S/c1-15(2,3)13-12(17)14(18)20-11(19-13)8-21-10-6-4-9(16)5-7-10/h4-7H,8H2,1-3H3,(H2,18,19,20). The second kappa shape index (κ2) is 6.71. The molecule has 0 saturated heterocycles. The first kappa shape index (κ1) is 16.8. The Kier molecular flexibility index (Phi) is 5.38. The van der Waals surface area contributed by atoms with E-state index in [-0.39, 0.29) is 5.41 Å². The molecule has 0 saturated carbocycles. The highest BCUT2D eigenvalue weighted by molar-refractivity contribution is 14.1. The molecule has 1 heterocycles. The Labute approximate surface area is 148 Å². The van der Waals surface area contributed by atoms with Gasteiger partial charge in [-0.3, -0.25) is 0 Å². The van der Waals surface area contributed by atoms with Gasteiger partial charge in [-0.25, -0.2) is 9.97 Å². The lowest BCUT2D eigenvalue weighted by Crippen LogP contribution is -2.19. The summed E-state index contributed by atoms with van der Waals surface area (Å²) in [6.45, 7) is 6.40. The summed E-state index contributed by atoms with van der Waals surface area (Å²) in [4.78, 5) is 10.2. The van der Waals surface area contributed by atoms with Gasteiger partial charge in [0.05, 0.1) is 15.0 Å². The first-order valence-corrected chi connectivity index (χ1v) is 8.92. The van der Waals surface area contributed by atoms with Gasteiger partial charge in [0.25, 0.3) is 0 Å². The van der Waals surface area contributed by atoms with Gasteiger partial charge in [0.2, 0.25) is 0 Å². The summed E-state index contributed by atoms with van der Waals surface area (Å²) in [5, 5.41) is 0.740. The van der Waals surface area contributed by atoms with E-state index < -0.39 is 0 Å². The predicted octanol–water partition coefficient (Wildman–Crippen LogP) is 4.91. The Bertz CT molecular complexity index is 639. The maximum absolute atomic E-state index is 6.02. The zero-order valence-electron chi connectivity index (χ0n) is 12.2. The summed E-state index contributed by atoms with van der Waals surface area (Å²) >= 11 is 9.78. The molecule has 2 rings (SSSR count). The van der Waals surface area contributed by atoms with Crippen LogP contribution in [0.5, 0.6) is 0 Å². The molecule has 21 heavy (non-hydrogen) atoms. The summed E-state index contributed by atoms with van der Waals surface area (Å²) in [7, 11) is 0. The van der Waals surface area contributed by atoms with E-state index in [1.807, 2.05) is 24.3 Å². The van der Waals surface area contributed by atoms with Crippen molar-refractivity contribution in [2.45, 2.75) is 36.8 Å². The summed E-state index contributed by atoms with van der Waals surface area (Å²) in [5.41, 5.74) is 6.98. The van der Waals surface area contributed by atoms with Crippen LogP contribution in [0.25, 0.3) is 0 Å². The van der Waals surface area contributed by atoms with Crippen LogP contribution < -0.4 is 5.73 Å². The van der Waals surface area contributed by atoms with Crippen LogP contribution in [0.2, 0.25) is 5.02 Å². The molecular weight excluding hydrogens is 417 g/mol. The molecular formula is C15H17ClIN3S. The lowest BCUT2D eigenvalue weighted by molar-refractivity contribution is 0.560. The van der Waals surface area contributed by atoms with Gasteiger partial charge in [-0.05, 0) is 46.9 Å². The Morgan fingerprint density at radius 3 is 2.38 bits per heavy atom. The third-order valence-corrected chi connectivity index (χ3v) is 5.14. The monoisotopic (exact) mass is 433 g/mol. The van der Waals surface area contributed by atoms with Crippen LogP contribution in [0.3, 0.4) is 0 Å². The second-order valence-corrected chi connectivity index (χ2v) is 8.24. The summed E-state index contributed by atoms with van der Waals surface area (Å²) in [5.74, 6) is 2.01. The molecule has 0 aliphatic carbocycles. The number of aromatic nitrogens is 2. The topological polar surface area (TPSA) is 51.8 Å². The maximum Gasteiger partial charge on any atom is 0.141 e. The lowest BCUT2D eigenvalue weighted by atomic mass is 9.92. The first-order valence-electron chi connectivity index (χ1n) is 6.48. The number of halogens is 2. The van der Waals surface area contributed by atoms with Crippen molar-refractivity contribution in [1.82, 2.24) is 9.97 Å². The van der Waals surface area contributed by atoms with Crippen molar-refractivity contribution in [1.29, 1.82) is 0 Å². The Morgan fingerprint density at radius 1 is 1.19 bits per heavy atom. The molecule has 0 aliphatic heterocycles. The Morgan fingerprint density at radius 2 is 1.81 bits per heavy atom. The average Bonchev–Trinajstić information content (AvgIpc) is 2.40. The average molecular weight is 434 g/mol. The largest absolute Gasteiger partial charge is 0.383 e. The van der Waals surface area contributed by atoms with Crippen LogP contribution in [0.15, 0.2) is 29.2 Å². The van der Waals surface area contributed by atoms with Gasteiger partial charge < -0.3 is 5.73 Å². The fraction of sp³-hybridized carbons (Fsp3) is 0.333. The van der Waals surface area contributed by atoms with Crippen molar-refractivity contribution >= 4 is 51.8 Å². The highest BCUT2D eigenvalue weighted by Gasteiger charge is 2.22. The minimum absolute atomic E-state index is 0.0483. The zero-order chi connectivity index (χ0) is 15.6. The molecule has 0 fully saturated rings. The molecule has 0 unspecified atom stereocenters. The van der Waals surface area contributed by atoms with E-state index in [9.17, 15) is 0 Å². The van der Waals surface area contributed by atoms with Gasteiger partial charge in [-0.2, -0.15) is 0 Å². The van der Waals surface area contributed by atoms with E-state index in [1.165, 1.54) is 0 Å². The van der Waals surface area contributed by atoms with Crippen molar-refractivity contribution in [3.8, 4) is 0 Å². The van der Waals surface area contributed by atoms with Crippen molar-refractivity contribution in [3.05, 3.63) is 44.4 Å². The number of nitrogens with zero attached hydrogens (tertiary/aromatic N) is 2. The molecule has 1 aromatic carbocycles. The van der Waals surface area contributed by atoms with Gasteiger partial charge in [0.15, 0.2) is 0 Å². The van der Waals surface area contributed by atoms with Crippen molar-refractivity contribution in [2.75, 3.05) is 5.73 Å². The van der Waals surface area contributed by atoms with Gasteiger partial charge in [-0.1, -0.05) is 32.4 Å². The number of thioether (sulfide) groups is 1. The van der Waals surface area contributed by atoms with Gasteiger partial charge in [0, 0.05) is 15.3 Å².